The van der Waals surface area contributed by atoms with E-state index in [-0.39, 0.29) is 5.91 Å². The Hall–Kier alpha value is -3.01. The Balaban J connectivity index is 1.41. The van der Waals surface area contributed by atoms with Crippen molar-refractivity contribution >= 4 is 50.5 Å². The van der Waals surface area contributed by atoms with Crippen LogP contribution in [0, 0.1) is 4.77 Å². The van der Waals surface area contributed by atoms with Crippen LogP contribution in [0.4, 0.5) is 10.8 Å². The number of carbonyl (C=O) groups is 1. The molecule has 1 amide bonds. The lowest BCUT2D eigenvalue weighted by Crippen LogP contribution is -2.36. The quantitative estimate of drug-likeness (QED) is 0.467. The van der Waals surface area contributed by atoms with E-state index in [1.165, 1.54) is 0 Å². The Morgan fingerprint density at radius 2 is 1.97 bits per heavy atom. The van der Waals surface area contributed by atoms with E-state index in [0.29, 0.717) is 10.5 Å². The van der Waals surface area contributed by atoms with Crippen molar-refractivity contribution in [1.29, 1.82) is 0 Å². The molecule has 0 radical (unpaired) electrons. The number of nitrogens with one attached hydrogen (secondary N) is 2. The number of para-hydroxylation sites is 1. The number of fused-ring (bicyclic) bond motifs is 1. The number of anilines is 2. The molecule has 2 aromatic heterocycles. The molecule has 0 bridgehead atoms. The highest BCUT2D eigenvalue weighted by molar-refractivity contribution is 7.71. The molecule has 0 spiro atoms. The number of nitrogens with zero attached hydrogens (tertiary/aromatic N) is 3. The summed E-state index contributed by atoms with van der Waals surface area (Å²) in [6.07, 6.45) is 1.63. The largest absolute Gasteiger partial charge is 0.378 e. The number of imidazole rings is 1. The zero-order valence-electron chi connectivity index (χ0n) is 16.0. The molecule has 30 heavy (non-hydrogen) atoms. The lowest BCUT2D eigenvalue weighted by Gasteiger charge is -2.25. The molecule has 3 heterocycles. The Labute approximate surface area is 181 Å². The summed E-state index contributed by atoms with van der Waals surface area (Å²) < 4.78 is 8.65. The number of aromatic amines is 1. The average molecular weight is 438 g/mol. The third-order valence-electron chi connectivity index (χ3n) is 4.94. The van der Waals surface area contributed by atoms with Crippen molar-refractivity contribution in [2.45, 2.75) is 0 Å². The summed E-state index contributed by atoms with van der Waals surface area (Å²) in [5.41, 5.74) is 2.93. The van der Waals surface area contributed by atoms with Gasteiger partial charge in [-0.3, -0.25) is 9.36 Å². The Morgan fingerprint density at radius 1 is 1.17 bits per heavy atom. The molecule has 5 rings (SSSR count). The van der Waals surface area contributed by atoms with E-state index in [1.807, 2.05) is 48.5 Å². The number of thiazole rings is 1. The normalized spacial score (nSPS) is 14.2. The summed E-state index contributed by atoms with van der Waals surface area (Å²) in [6, 6.07) is 15.3. The molecule has 1 aliphatic heterocycles. The predicted octanol–water partition coefficient (Wildman–Crippen LogP) is 4.23. The van der Waals surface area contributed by atoms with Gasteiger partial charge in [-0.1, -0.05) is 29.5 Å². The zero-order chi connectivity index (χ0) is 20.5. The van der Waals surface area contributed by atoms with E-state index in [9.17, 15) is 4.79 Å². The van der Waals surface area contributed by atoms with Crippen LogP contribution in [-0.2, 0) is 4.74 Å². The molecule has 9 heteroatoms. The Bertz CT molecular complexity index is 1260. The summed E-state index contributed by atoms with van der Waals surface area (Å²) >= 11 is 7.00. The molecule has 1 aliphatic rings. The summed E-state index contributed by atoms with van der Waals surface area (Å²) in [6.45, 7) is 3.14. The lowest BCUT2D eigenvalue weighted by atomic mass is 10.2. The van der Waals surface area contributed by atoms with E-state index >= 15 is 0 Å². The van der Waals surface area contributed by atoms with Crippen LogP contribution >= 0.6 is 23.6 Å². The maximum absolute atomic E-state index is 13.0. The zero-order valence-corrected chi connectivity index (χ0v) is 17.6. The van der Waals surface area contributed by atoms with Gasteiger partial charge in [-0.15, -0.1) is 0 Å². The molecule has 1 saturated heterocycles. The highest BCUT2D eigenvalue weighted by atomic mass is 32.1. The first-order valence-corrected chi connectivity index (χ1v) is 10.8. The highest BCUT2D eigenvalue weighted by Crippen LogP contribution is 2.31. The van der Waals surface area contributed by atoms with Gasteiger partial charge in [0.2, 0.25) is 0 Å². The molecule has 1 fully saturated rings. The minimum absolute atomic E-state index is 0.233. The molecule has 4 aromatic rings. The number of amides is 1. The van der Waals surface area contributed by atoms with Gasteiger partial charge in [-0.2, -0.15) is 0 Å². The molecular weight excluding hydrogens is 418 g/mol. The van der Waals surface area contributed by atoms with Gasteiger partial charge in [0.25, 0.3) is 5.91 Å². The van der Waals surface area contributed by atoms with Crippen LogP contribution in [0.15, 0.2) is 54.7 Å². The van der Waals surface area contributed by atoms with E-state index in [1.54, 1.807) is 22.1 Å². The maximum Gasteiger partial charge on any atom is 0.274 e. The van der Waals surface area contributed by atoms with Crippen LogP contribution in [0.1, 0.15) is 10.5 Å². The number of hydrogen-bond acceptors (Lipinski definition) is 6. The molecule has 0 saturated carbocycles. The lowest BCUT2D eigenvalue weighted by molar-refractivity contribution is 0.102. The van der Waals surface area contributed by atoms with E-state index < -0.39 is 0 Å². The van der Waals surface area contributed by atoms with Gasteiger partial charge in [-0.25, -0.2) is 4.98 Å². The van der Waals surface area contributed by atoms with E-state index in [2.05, 4.69) is 15.2 Å². The van der Waals surface area contributed by atoms with Crippen molar-refractivity contribution in [1.82, 2.24) is 14.5 Å². The Morgan fingerprint density at radius 3 is 2.77 bits per heavy atom. The smallest absolute Gasteiger partial charge is 0.274 e. The number of morpholine rings is 1. The standard InChI is InChI=1S/C21H19N5O2S2/c27-19(17-13-22-20(29)26(17)15-4-2-1-3-5-15)23-14-6-7-16-18(12-14)30-21(24-16)25-8-10-28-11-9-25/h1-7,12-13H,8-11H2,(H,22,29)(H,23,27). The van der Waals surface area contributed by atoms with Crippen molar-refractivity contribution in [3.8, 4) is 5.69 Å². The number of hydrogen-bond donors (Lipinski definition) is 2. The van der Waals surface area contributed by atoms with Crippen LogP contribution in [0.2, 0.25) is 0 Å². The molecule has 7 nitrogen and oxygen atoms in total. The number of benzene rings is 2. The molecule has 152 valence electrons. The van der Waals surface area contributed by atoms with Gasteiger partial charge in [-0.05, 0) is 42.5 Å². The molecule has 0 atom stereocenters. The topological polar surface area (TPSA) is 75.2 Å². The number of rotatable bonds is 4. The van der Waals surface area contributed by atoms with Crippen molar-refractivity contribution < 1.29 is 9.53 Å². The molecular formula is C21H19N5O2S2. The van der Waals surface area contributed by atoms with Gasteiger partial charge < -0.3 is 19.9 Å². The maximum atomic E-state index is 13.0. The van der Waals surface area contributed by atoms with Gasteiger partial charge >= 0.3 is 0 Å². The van der Waals surface area contributed by atoms with E-state index in [4.69, 9.17) is 21.9 Å². The number of H-pyrrole nitrogens is 1. The molecule has 2 N–H and O–H groups in total. The fourth-order valence-electron chi connectivity index (χ4n) is 3.44. The van der Waals surface area contributed by atoms with Crippen LogP contribution in [0.3, 0.4) is 0 Å². The van der Waals surface area contributed by atoms with Crippen molar-refractivity contribution in [2.75, 3.05) is 36.5 Å². The average Bonchev–Trinajstić information content (AvgIpc) is 3.38. The van der Waals surface area contributed by atoms with Gasteiger partial charge in [0, 0.05) is 30.7 Å². The third kappa shape index (κ3) is 3.62. The first kappa shape index (κ1) is 19.0. The SMILES string of the molecule is O=C(Nc1ccc2nc(N3CCOCC3)sc2c1)c1c[nH]c(=S)n1-c1ccccc1. The Kier molecular flexibility index (Phi) is 5.07. The van der Waals surface area contributed by atoms with Crippen LogP contribution in [0.5, 0.6) is 0 Å². The highest BCUT2D eigenvalue weighted by Gasteiger charge is 2.17. The van der Waals surface area contributed by atoms with Gasteiger partial charge in [0.05, 0.1) is 23.4 Å². The molecule has 0 aliphatic carbocycles. The van der Waals surface area contributed by atoms with Crippen molar-refractivity contribution in [2.24, 2.45) is 0 Å². The third-order valence-corrected chi connectivity index (χ3v) is 6.32. The van der Waals surface area contributed by atoms with Gasteiger partial charge in [0.15, 0.2) is 9.90 Å². The van der Waals surface area contributed by atoms with Crippen LogP contribution in [-0.4, -0.2) is 46.7 Å². The van der Waals surface area contributed by atoms with Crippen LogP contribution < -0.4 is 10.2 Å². The number of ether oxygens (including phenoxy) is 1. The number of carbonyl (C=O) groups excluding carboxylic acids is 1. The second kappa shape index (κ2) is 8.02. The second-order valence-electron chi connectivity index (χ2n) is 6.88. The minimum Gasteiger partial charge on any atom is -0.378 e. The van der Waals surface area contributed by atoms with Gasteiger partial charge in [0.1, 0.15) is 5.69 Å². The van der Waals surface area contributed by atoms with Crippen molar-refractivity contribution in [3.63, 3.8) is 0 Å². The van der Waals surface area contributed by atoms with Crippen LogP contribution in [0.25, 0.3) is 15.9 Å². The van der Waals surface area contributed by atoms with Crippen molar-refractivity contribution in [3.05, 3.63) is 65.2 Å². The summed E-state index contributed by atoms with van der Waals surface area (Å²) in [5.74, 6) is -0.233. The monoisotopic (exact) mass is 437 g/mol. The first-order chi connectivity index (χ1) is 14.7. The predicted molar refractivity (Wildman–Crippen MR) is 122 cm³/mol. The second-order valence-corrected chi connectivity index (χ2v) is 8.28. The minimum atomic E-state index is -0.233. The summed E-state index contributed by atoms with van der Waals surface area (Å²) in [7, 11) is 0. The van der Waals surface area contributed by atoms with E-state index in [0.717, 1.165) is 53.0 Å². The molecule has 2 aromatic carbocycles. The summed E-state index contributed by atoms with van der Waals surface area (Å²) in [5, 5.41) is 3.97. The fourth-order valence-corrected chi connectivity index (χ4v) is 4.76. The molecule has 0 unspecified atom stereocenters. The summed E-state index contributed by atoms with van der Waals surface area (Å²) in [4.78, 5) is 22.9. The first-order valence-electron chi connectivity index (χ1n) is 9.59. The number of aromatic nitrogens is 3. The fraction of sp³-hybridized carbons (Fsp3) is 0.190.